The van der Waals surface area contributed by atoms with E-state index >= 15 is 0 Å². The van der Waals surface area contributed by atoms with Gasteiger partial charge in [-0.1, -0.05) is 0 Å². The minimum absolute atomic E-state index is 0.00213. The SMILES string of the molecule is COC(=O)C1=CO[C@@H](O[C@@H]2O[C@H](COC=O)[C@@H](O)[C@H](O)[C@H]2O)[C@H]2[C@@H]1[C@H](OC(C)=O)C[C@]2(C)OC(C)=O. The van der Waals surface area contributed by atoms with Gasteiger partial charge in [0.1, 0.15) is 42.7 Å². The van der Waals surface area contributed by atoms with Crippen molar-refractivity contribution < 1.29 is 67.7 Å². The highest BCUT2D eigenvalue weighted by Crippen LogP contribution is 2.52. The Morgan fingerprint density at radius 2 is 1.81 bits per heavy atom. The summed E-state index contributed by atoms with van der Waals surface area (Å²) in [5, 5.41) is 30.9. The van der Waals surface area contributed by atoms with E-state index in [1.807, 2.05) is 0 Å². The van der Waals surface area contributed by atoms with Crippen LogP contribution < -0.4 is 0 Å². The zero-order valence-electron chi connectivity index (χ0n) is 20.1. The number of aliphatic hydroxyl groups excluding tert-OH is 3. The second-order valence-electron chi connectivity index (χ2n) is 8.96. The lowest BCUT2D eigenvalue weighted by Crippen LogP contribution is -2.61. The van der Waals surface area contributed by atoms with E-state index in [-0.39, 0.29) is 18.5 Å². The summed E-state index contributed by atoms with van der Waals surface area (Å²) in [7, 11) is 1.16. The first-order chi connectivity index (χ1) is 16.9. The van der Waals surface area contributed by atoms with E-state index in [0.717, 1.165) is 13.4 Å². The smallest absolute Gasteiger partial charge is 0.337 e. The molecule has 0 aromatic carbocycles. The minimum atomic E-state index is -1.76. The number of esters is 3. The zero-order chi connectivity index (χ0) is 26.8. The van der Waals surface area contributed by atoms with Crippen LogP contribution in [0.4, 0.5) is 0 Å². The van der Waals surface area contributed by atoms with Crippen LogP contribution in [0.15, 0.2) is 11.8 Å². The standard InChI is InChI=1S/C22H30O14/c1-9(24)33-12-5-22(3,36-10(2)25)15-14(12)11(19(29)30-4)6-32-20(15)35-21-18(28)17(27)16(26)13(34-21)7-31-8-23/h6,8,12-18,20-21,26-28H,5,7H2,1-4H3/t12-,13-,14+,15-,16-,17+,18-,20+,21+,22+/m1/s1. The third-order valence-electron chi connectivity index (χ3n) is 6.46. The summed E-state index contributed by atoms with van der Waals surface area (Å²) in [5.41, 5.74) is -1.38. The average molecular weight is 518 g/mol. The first-order valence-corrected chi connectivity index (χ1v) is 11.1. The quantitative estimate of drug-likeness (QED) is 0.187. The van der Waals surface area contributed by atoms with Crippen molar-refractivity contribution >= 4 is 24.4 Å². The summed E-state index contributed by atoms with van der Waals surface area (Å²) < 4.78 is 37.5. The number of carbonyl (C=O) groups is 4. The normalized spacial score (nSPS) is 39.6. The Morgan fingerprint density at radius 1 is 1.11 bits per heavy atom. The number of methoxy groups -OCH3 is 1. The summed E-state index contributed by atoms with van der Waals surface area (Å²) in [6.45, 7) is 3.59. The second-order valence-corrected chi connectivity index (χ2v) is 8.96. The lowest BCUT2D eigenvalue weighted by molar-refractivity contribution is -0.346. The number of carbonyl (C=O) groups excluding carboxylic acids is 4. The van der Waals surface area contributed by atoms with Crippen LogP contribution in [0.2, 0.25) is 0 Å². The van der Waals surface area contributed by atoms with Gasteiger partial charge in [-0.05, 0) is 6.92 Å². The molecule has 2 aliphatic heterocycles. The number of hydrogen-bond acceptors (Lipinski definition) is 14. The number of ether oxygens (including phenoxy) is 7. The molecule has 3 aliphatic rings. The Hall–Kier alpha value is -2.78. The average Bonchev–Trinajstić information content (AvgIpc) is 3.09. The minimum Gasteiger partial charge on any atom is -0.471 e. The van der Waals surface area contributed by atoms with Crippen LogP contribution >= 0.6 is 0 Å². The van der Waals surface area contributed by atoms with Crippen molar-refractivity contribution in [2.24, 2.45) is 11.8 Å². The van der Waals surface area contributed by atoms with Crippen molar-refractivity contribution in [3.8, 4) is 0 Å². The number of aliphatic hydroxyl groups is 3. The molecule has 1 saturated carbocycles. The van der Waals surface area contributed by atoms with Gasteiger partial charge in [-0.15, -0.1) is 0 Å². The molecule has 0 aromatic heterocycles. The van der Waals surface area contributed by atoms with E-state index in [4.69, 9.17) is 28.4 Å². The fraction of sp³-hybridized carbons (Fsp3) is 0.727. The Balaban J connectivity index is 1.97. The first kappa shape index (κ1) is 27.8. The van der Waals surface area contributed by atoms with Gasteiger partial charge in [0.25, 0.3) is 6.47 Å². The molecule has 2 fully saturated rings. The number of rotatable bonds is 8. The molecule has 0 radical (unpaired) electrons. The number of hydrogen-bond donors (Lipinski definition) is 3. The molecule has 1 aliphatic carbocycles. The van der Waals surface area contributed by atoms with E-state index in [1.165, 1.54) is 13.8 Å². The Kier molecular flexibility index (Phi) is 8.56. The summed E-state index contributed by atoms with van der Waals surface area (Å²) in [5.74, 6) is -3.96. The van der Waals surface area contributed by atoms with Crippen LogP contribution in [-0.4, -0.2) is 102 Å². The fourth-order valence-electron chi connectivity index (χ4n) is 5.05. The molecule has 1 saturated heterocycles. The van der Waals surface area contributed by atoms with Crippen molar-refractivity contribution in [1.82, 2.24) is 0 Å². The van der Waals surface area contributed by atoms with Gasteiger partial charge in [0.05, 0.1) is 24.9 Å². The molecule has 36 heavy (non-hydrogen) atoms. The first-order valence-electron chi connectivity index (χ1n) is 11.1. The summed E-state index contributed by atoms with van der Waals surface area (Å²) in [6.07, 6.45) is -9.21. The van der Waals surface area contributed by atoms with E-state index in [2.05, 4.69) is 4.74 Å². The monoisotopic (exact) mass is 518 g/mol. The van der Waals surface area contributed by atoms with Crippen molar-refractivity contribution in [1.29, 1.82) is 0 Å². The van der Waals surface area contributed by atoms with Crippen LogP contribution in [-0.2, 0) is 52.3 Å². The zero-order valence-corrected chi connectivity index (χ0v) is 20.1. The molecule has 0 aromatic rings. The second kappa shape index (κ2) is 11.1. The lowest BCUT2D eigenvalue weighted by atomic mass is 9.80. The van der Waals surface area contributed by atoms with Gasteiger partial charge in [0.15, 0.2) is 6.29 Å². The van der Waals surface area contributed by atoms with Crippen molar-refractivity contribution in [2.45, 2.75) is 75.9 Å². The maximum Gasteiger partial charge on any atom is 0.337 e. The molecular weight excluding hydrogens is 488 g/mol. The van der Waals surface area contributed by atoms with Gasteiger partial charge in [0.2, 0.25) is 6.29 Å². The largest absolute Gasteiger partial charge is 0.471 e. The van der Waals surface area contributed by atoms with E-state index in [9.17, 15) is 34.5 Å². The molecule has 0 amide bonds. The van der Waals surface area contributed by atoms with Crippen molar-refractivity contribution in [3.63, 3.8) is 0 Å². The summed E-state index contributed by atoms with van der Waals surface area (Å²) >= 11 is 0. The van der Waals surface area contributed by atoms with Crippen LogP contribution in [0.5, 0.6) is 0 Å². The maximum atomic E-state index is 12.5. The Bertz CT molecular complexity index is 888. The van der Waals surface area contributed by atoms with Crippen LogP contribution in [0.3, 0.4) is 0 Å². The summed E-state index contributed by atoms with van der Waals surface area (Å²) in [6, 6.07) is 0. The summed E-state index contributed by atoms with van der Waals surface area (Å²) in [4.78, 5) is 46.9. The van der Waals surface area contributed by atoms with Crippen LogP contribution in [0.1, 0.15) is 27.2 Å². The van der Waals surface area contributed by atoms with Crippen molar-refractivity contribution in [3.05, 3.63) is 11.8 Å². The highest BCUT2D eigenvalue weighted by atomic mass is 16.8. The van der Waals surface area contributed by atoms with Gasteiger partial charge < -0.3 is 48.5 Å². The molecule has 0 bridgehead atoms. The predicted octanol–water partition coefficient (Wildman–Crippen LogP) is -1.71. The van der Waals surface area contributed by atoms with Gasteiger partial charge in [-0.25, -0.2) is 4.79 Å². The van der Waals surface area contributed by atoms with Gasteiger partial charge >= 0.3 is 17.9 Å². The third kappa shape index (κ3) is 5.47. The molecule has 0 spiro atoms. The Morgan fingerprint density at radius 3 is 2.39 bits per heavy atom. The van der Waals surface area contributed by atoms with E-state index < -0.39 is 85.1 Å². The number of fused-ring (bicyclic) bond motifs is 1. The van der Waals surface area contributed by atoms with Gasteiger partial charge in [0, 0.05) is 26.2 Å². The van der Waals surface area contributed by atoms with Gasteiger partial charge in [-0.2, -0.15) is 0 Å². The van der Waals surface area contributed by atoms with Gasteiger partial charge in [-0.3, -0.25) is 14.4 Å². The maximum absolute atomic E-state index is 12.5. The van der Waals surface area contributed by atoms with E-state index in [1.54, 1.807) is 6.92 Å². The topological polar surface area (TPSA) is 194 Å². The molecule has 14 heteroatoms. The molecule has 3 rings (SSSR count). The molecule has 3 N–H and O–H groups in total. The molecule has 10 atom stereocenters. The lowest BCUT2D eigenvalue weighted by Gasteiger charge is -2.44. The molecule has 14 nitrogen and oxygen atoms in total. The van der Waals surface area contributed by atoms with E-state index in [0.29, 0.717) is 0 Å². The third-order valence-corrected chi connectivity index (χ3v) is 6.46. The highest BCUT2D eigenvalue weighted by molar-refractivity contribution is 5.89. The Labute approximate surface area is 206 Å². The predicted molar refractivity (Wildman–Crippen MR) is 112 cm³/mol. The molecule has 0 unspecified atom stereocenters. The van der Waals surface area contributed by atoms with Crippen LogP contribution in [0.25, 0.3) is 0 Å². The fourth-order valence-corrected chi connectivity index (χ4v) is 5.05. The molecule has 202 valence electrons. The van der Waals surface area contributed by atoms with Crippen LogP contribution in [0, 0.1) is 11.8 Å². The highest BCUT2D eigenvalue weighted by Gasteiger charge is 2.63. The molecule has 2 heterocycles. The van der Waals surface area contributed by atoms with Crippen molar-refractivity contribution in [2.75, 3.05) is 13.7 Å². The molecular formula is C22H30O14.